The molecular weight excluding hydrogens is 183 g/mol. The topological polar surface area (TPSA) is 35.2 Å². The summed E-state index contributed by atoms with van der Waals surface area (Å²) in [4.78, 5) is 0. The van der Waals surface area contributed by atoms with E-state index in [1.807, 2.05) is 0 Å². The van der Waals surface area contributed by atoms with Crippen molar-refractivity contribution in [2.75, 3.05) is 12.8 Å². The van der Waals surface area contributed by atoms with Crippen molar-refractivity contribution in [3.05, 3.63) is 23.8 Å². The summed E-state index contributed by atoms with van der Waals surface area (Å²) in [6.07, 6.45) is -4.48. The lowest BCUT2D eigenvalue weighted by atomic mass is 10.1. The quantitative estimate of drug-likeness (QED) is 0.691. The van der Waals surface area contributed by atoms with Crippen LogP contribution in [0.5, 0.6) is 5.75 Å². The Morgan fingerprint density at radius 1 is 1.31 bits per heavy atom. The van der Waals surface area contributed by atoms with E-state index in [-0.39, 0.29) is 11.4 Å². The largest absolute Gasteiger partial charge is 0.496 e. The van der Waals surface area contributed by atoms with E-state index in [0.29, 0.717) is 0 Å². The lowest BCUT2D eigenvalue weighted by Crippen LogP contribution is -2.10. The van der Waals surface area contributed by atoms with E-state index in [2.05, 4.69) is 4.74 Å². The van der Waals surface area contributed by atoms with Crippen LogP contribution in [0.25, 0.3) is 0 Å². The number of benzene rings is 1. The van der Waals surface area contributed by atoms with Crippen molar-refractivity contribution in [1.29, 1.82) is 0 Å². The molecule has 0 aromatic heterocycles. The van der Waals surface area contributed by atoms with Crippen LogP contribution < -0.4 is 10.5 Å². The molecule has 0 aliphatic rings. The maximum absolute atomic E-state index is 12.3. The monoisotopic (exact) mass is 191 g/mol. The molecule has 5 heteroatoms. The first kappa shape index (κ1) is 9.70. The molecule has 0 radical (unpaired) electrons. The van der Waals surface area contributed by atoms with Gasteiger partial charge in [0.2, 0.25) is 0 Å². The third-order valence-corrected chi connectivity index (χ3v) is 1.56. The summed E-state index contributed by atoms with van der Waals surface area (Å²) in [7, 11) is 1.17. The van der Waals surface area contributed by atoms with Gasteiger partial charge in [-0.15, -0.1) is 0 Å². The van der Waals surface area contributed by atoms with Crippen LogP contribution in [0.15, 0.2) is 18.2 Å². The summed E-state index contributed by atoms with van der Waals surface area (Å²) in [5.74, 6) is -0.257. The molecule has 0 heterocycles. The minimum absolute atomic E-state index is 0.257. The molecule has 0 bridgehead atoms. The molecule has 0 saturated heterocycles. The van der Waals surface area contributed by atoms with Crippen LogP contribution in [0.3, 0.4) is 0 Å². The van der Waals surface area contributed by atoms with Crippen molar-refractivity contribution >= 4 is 5.69 Å². The average Bonchev–Trinajstić information content (AvgIpc) is 2.01. The summed E-state index contributed by atoms with van der Waals surface area (Å²) in [5, 5.41) is 0. The van der Waals surface area contributed by atoms with E-state index in [0.717, 1.165) is 0 Å². The number of nitrogens with two attached hydrogens (primary N) is 1. The zero-order valence-corrected chi connectivity index (χ0v) is 6.85. The molecule has 0 amide bonds. The molecule has 0 aliphatic carbocycles. The van der Waals surface area contributed by atoms with Gasteiger partial charge < -0.3 is 10.5 Å². The standard InChI is InChI=1S/C8H8F3NO/c1-13-6-4-2-3-5(12)7(6)8(9,10)11/h2-4H,12H2,1H3. The Kier molecular flexibility index (Phi) is 2.36. The third-order valence-electron chi connectivity index (χ3n) is 1.56. The molecule has 0 spiro atoms. The highest BCUT2D eigenvalue weighted by atomic mass is 19.4. The molecule has 0 saturated carbocycles. The first-order valence-electron chi connectivity index (χ1n) is 3.46. The smallest absolute Gasteiger partial charge is 0.421 e. The van der Waals surface area contributed by atoms with Gasteiger partial charge in [0.15, 0.2) is 0 Å². The highest BCUT2D eigenvalue weighted by molar-refractivity contribution is 5.55. The van der Waals surface area contributed by atoms with Crippen LogP contribution in [0.1, 0.15) is 5.56 Å². The third kappa shape index (κ3) is 1.85. The SMILES string of the molecule is COc1cccc(N)c1C(F)(F)F. The van der Waals surface area contributed by atoms with E-state index in [1.165, 1.54) is 25.3 Å². The molecule has 1 aromatic carbocycles. The first-order valence-corrected chi connectivity index (χ1v) is 3.46. The van der Waals surface area contributed by atoms with Gasteiger partial charge in [-0.05, 0) is 12.1 Å². The normalized spacial score (nSPS) is 11.4. The summed E-state index contributed by atoms with van der Waals surface area (Å²) in [6.45, 7) is 0. The second kappa shape index (κ2) is 3.16. The van der Waals surface area contributed by atoms with Gasteiger partial charge in [-0.1, -0.05) is 6.07 Å². The zero-order valence-electron chi connectivity index (χ0n) is 6.85. The summed E-state index contributed by atoms with van der Waals surface area (Å²) in [5.41, 5.74) is 3.94. The number of hydrogen-bond acceptors (Lipinski definition) is 2. The van der Waals surface area contributed by atoms with Crippen LogP contribution in [0, 0.1) is 0 Å². The summed E-state index contributed by atoms with van der Waals surface area (Å²) >= 11 is 0. The number of alkyl halides is 3. The van der Waals surface area contributed by atoms with Crippen LogP contribution in [0.4, 0.5) is 18.9 Å². The van der Waals surface area contributed by atoms with Gasteiger partial charge in [0, 0.05) is 5.69 Å². The molecule has 1 aromatic rings. The molecular formula is C8H8F3NO. The highest BCUT2D eigenvalue weighted by Gasteiger charge is 2.36. The molecule has 72 valence electrons. The van der Waals surface area contributed by atoms with Crippen LogP contribution >= 0.6 is 0 Å². The van der Waals surface area contributed by atoms with Crippen molar-refractivity contribution < 1.29 is 17.9 Å². The zero-order chi connectivity index (χ0) is 10.1. The number of anilines is 1. The number of methoxy groups -OCH3 is 1. The van der Waals surface area contributed by atoms with Crippen LogP contribution in [-0.2, 0) is 6.18 Å². The predicted octanol–water partition coefficient (Wildman–Crippen LogP) is 2.30. The fourth-order valence-electron chi connectivity index (χ4n) is 1.02. The molecule has 0 fully saturated rings. The molecule has 2 N–H and O–H groups in total. The molecule has 0 atom stereocenters. The van der Waals surface area contributed by atoms with Gasteiger partial charge in [-0.25, -0.2) is 0 Å². The molecule has 1 rings (SSSR count). The Bertz CT molecular complexity index is 309. The summed E-state index contributed by atoms with van der Waals surface area (Å²) in [6, 6.07) is 3.81. The number of halogens is 3. The molecule has 0 aliphatic heterocycles. The minimum Gasteiger partial charge on any atom is -0.496 e. The lowest BCUT2D eigenvalue weighted by Gasteiger charge is -2.13. The fraction of sp³-hybridized carbons (Fsp3) is 0.250. The van der Waals surface area contributed by atoms with Gasteiger partial charge in [0.25, 0.3) is 0 Å². The van der Waals surface area contributed by atoms with Crippen molar-refractivity contribution in [2.45, 2.75) is 6.18 Å². The molecule has 0 unspecified atom stereocenters. The van der Waals surface area contributed by atoms with Gasteiger partial charge in [-0.3, -0.25) is 0 Å². The van der Waals surface area contributed by atoms with Crippen LogP contribution in [-0.4, -0.2) is 7.11 Å². The Morgan fingerprint density at radius 2 is 1.92 bits per heavy atom. The van der Waals surface area contributed by atoms with E-state index < -0.39 is 11.7 Å². The van der Waals surface area contributed by atoms with Crippen molar-refractivity contribution in [1.82, 2.24) is 0 Å². The maximum atomic E-state index is 12.3. The van der Waals surface area contributed by atoms with Gasteiger partial charge >= 0.3 is 6.18 Å². The molecule has 13 heavy (non-hydrogen) atoms. The number of rotatable bonds is 1. The average molecular weight is 191 g/mol. The van der Waals surface area contributed by atoms with Crippen molar-refractivity contribution in [3.63, 3.8) is 0 Å². The van der Waals surface area contributed by atoms with E-state index in [1.54, 1.807) is 0 Å². The lowest BCUT2D eigenvalue weighted by molar-refractivity contribution is -0.138. The number of nitrogen functional groups attached to an aromatic ring is 1. The summed E-state index contributed by atoms with van der Waals surface area (Å²) < 4.78 is 41.6. The Labute approximate surface area is 73.1 Å². The maximum Gasteiger partial charge on any atom is 0.421 e. The Hall–Kier alpha value is -1.39. The minimum atomic E-state index is -4.48. The fourth-order valence-corrected chi connectivity index (χ4v) is 1.02. The Balaban J connectivity index is 3.32. The molecule has 2 nitrogen and oxygen atoms in total. The van der Waals surface area contributed by atoms with Crippen molar-refractivity contribution in [3.8, 4) is 5.75 Å². The van der Waals surface area contributed by atoms with E-state index in [4.69, 9.17) is 5.73 Å². The van der Waals surface area contributed by atoms with E-state index >= 15 is 0 Å². The van der Waals surface area contributed by atoms with E-state index in [9.17, 15) is 13.2 Å². The van der Waals surface area contributed by atoms with Gasteiger partial charge in [0.05, 0.1) is 7.11 Å². The predicted molar refractivity (Wildman–Crippen MR) is 42.4 cm³/mol. The second-order valence-electron chi connectivity index (χ2n) is 2.42. The second-order valence-corrected chi connectivity index (χ2v) is 2.42. The first-order chi connectivity index (χ1) is 5.96. The number of hydrogen-bond donors (Lipinski definition) is 1. The van der Waals surface area contributed by atoms with Crippen molar-refractivity contribution in [2.24, 2.45) is 0 Å². The highest BCUT2D eigenvalue weighted by Crippen LogP contribution is 2.39. The number of ether oxygens (including phenoxy) is 1. The van der Waals surface area contributed by atoms with Crippen LogP contribution in [0.2, 0.25) is 0 Å². The van der Waals surface area contributed by atoms with Gasteiger partial charge in [-0.2, -0.15) is 13.2 Å². The Morgan fingerprint density at radius 3 is 2.31 bits per heavy atom. The van der Waals surface area contributed by atoms with Gasteiger partial charge in [0.1, 0.15) is 11.3 Å².